The first kappa shape index (κ1) is 23.6. The van der Waals surface area contributed by atoms with Crippen molar-refractivity contribution in [2.45, 2.75) is 46.5 Å². The van der Waals surface area contributed by atoms with Crippen molar-refractivity contribution in [2.75, 3.05) is 33.3 Å². The molecule has 1 aromatic heterocycles. The molecule has 0 radical (unpaired) electrons. The van der Waals surface area contributed by atoms with Crippen LogP contribution >= 0.6 is 24.0 Å². The van der Waals surface area contributed by atoms with Crippen molar-refractivity contribution in [3.63, 3.8) is 0 Å². The van der Waals surface area contributed by atoms with Gasteiger partial charge in [0.05, 0.1) is 13.0 Å². The van der Waals surface area contributed by atoms with Crippen LogP contribution in [0.4, 0.5) is 0 Å². The van der Waals surface area contributed by atoms with Crippen molar-refractivity contribution in [1.82, 2.24) is 20.4 Å². The van der Waals surface area contributed by atoms with Crippen LogP contribution in [0, 0.1) is 11.8 Å². The molecule has 0 spiro atoms. The molecule has 154 valence electrons. The van der Waals surface area contributed by atoms with E-state index in [4.69, 9.17) is 14.3 Å². The highest BCUT2D eigenvalue weighted by molar-refractivity contribution is 14.0. The van der Waals surface area contributed by atoms with Crippen molar-refractivity contribution in [2.24, 2.45) is 16.8 Å². The maximum atomic E-state index is 11.9. The molecule has 1 aliphatic rings. The first-order valence-corrected chi connectivity index (χ1v) is 9.39. The molecule has 8 nitrogen and oxygen atoms in total. The molecule has 2 unspecified atom stereocenters. The van der Waals surface area contributed by atoms with Gasteiger partial charge in [-0.05, 0) is 19.3 Å². The van der Waals surface area contributed by atoms with Crippen molar-refractivity contribution in [3.05, 3.63) is 11.7 Å². The van der Waals surface area contributed by atoms with Gasteiger partial charge in [-0.15, -0.1) is 24.0 Å². The average molecular weight is 493 g/mol. The summed E-state index contributed by atoms with van der Waals surface area (Å²) in [4.78, 5) is 23.1. The van der Waals surface area contributed by atoms with E-state index < -0.39 is 0 Å². The molecule has 0 bridgehead atoms. The minimum absolute atomic E-state index is 0. The lowest BCUT2D eigenvalue weighted by Crippen LogP contribution is -2.40. The van der Waals surface area contributed by atoms with Crippen molar-refractivity contribution in [3.8, 4) is 0 Å². The SMILES string of the molecule is CCNC(=NCCCc1nc(C(C)C)no1)N1CC(C)C(C(=O)OC)C1.I. The minimum Gasteiger partial charge on any atom is -0.469 e. The zero-order valence-electron chi connectivity index (χ0n) is 16.9. The number of aliphatic imine (C=N–C) groups is 1. The molecule has 2 atom stereocenters. The van der Waals surface area contributed by atoms with Gasteiger partial charge in [0, 0.05) is 38.5 Å². The minimum atomic E-state index is -0.145. The zero-order valence-corrected chi connectivity index (χ0v) is 19.2. The van der Waals surface area contributed by atoms with Gasteiger partial charge in [0.15, 0.2) is 11.8 Å². The molecule has 0 aromatic carbocycles. The Morgan fingerprint density at radius 2 is 2.19 bits per heavy atom. The normalized spacial score (nSPS) is 19.9. The molecule has 1 N–H and O–H groups in total. The largest absolute Gasteiger partial charge is 0.469 e. The Labute approximate surface area is 178 Å². The number of likely N-dealkylation sites (tertiary alicyclic amines) is 1. The molecule has 0 saturated carbocycles. The molecule has 0 amide bonds. The molecule has 27 heavy (non-hydrogen) atoms. The van der Waals surface area contributed by atoms with E-state index in [-0.39, 0.29) is 47.7 Å². The summed E-state index contributed by atoms with van der Waals surface area (Å²) in [5.41, 5.74) is 0. The predicted molar refractivity (Wildman–Crippen MR) is 114 cm³/mol. The molecular formula is C18H32IN5O3. The average Bonchev–Trinajstić information content (AvgIpc) is 3.24. The number of halogens is 1. The highest BCUT2D eigenvalue weighted by Crippen LogP contribution is 2.24. The number of nitrogens with one attached hydrogen (secondary N) is 1. The fraction of sp³-hybridized carbons (Fsp3) is 0.778. The molecule has 2 rings (SSSR count). The molecule has 2 heterocycles. The summed E-state index contributed by atoms with van der Waals surface area (Å²) in [6.45, 7) is 11.1. The van der Waals surface area contributed by atoms with Gasteiger partial charge in [0.2, 0.25) is 5.89 Å². The fourth-order valence-electron chi connectivity index (χ4n) is 3.04. The van der Waals surface area contributed by atoms with Crippen molar-refractivity contribution < 1.29 is 14.1 Å². The smallest absolute Gasteiger partial charge is 0.310 e. The van der Waals surface area contributed by atoms with Crippen LogP contribution in [0.15, 0.2) is 9.52 Å². The van der Waals surface area contributed by atoms with Gasteiger partial charge in [-0.1, -0.05) is 25.9 Å². The Morgan fingerprint density at radius 1 is 1.44 bits per heavy atom. The Bertz CT molecular complexity index is 620. The number of carbonyl (C=O) groups excluding carboxylic acids is 1. The highest BCUT2D eigenvalue weighted by Gasteiger charge is 2.36. The van der Waals surface area contributed by atoms with Gasteiger partial charge in [-0.25, -0.2) is 0 Å². The van der Waals surface area contributed by atoms with Crippen LogP contribution in [0.5, 0.6) is 0 Å². The van der Waals surface area contributed by atoms with E-state index in [2.05, 4.69) is 27.3 Å². The molecule has 1 fully saturated rings. The summed E-state index contributed by atoms with van der Waals surface area (Å²) in [7, 11) is 1.44. The van der Waals surface area contributed by atoms with Crippen LogP contribution in [0.25, 0.3) is 0 Å². The fourth-order valence-corrected chi connectivity index (χ4v) is 3.04. The van der Waals surface area contributed by atoms with Crippen LogP contribution < -0.4 is 5.32 Å². The molecule has 0 aliphatic carbocycles. The number of aromatic nitrogens is 2. The Kier molecular flexibility index (Phi) is 10.0. The molecule has 1 aromatic rings. The van der Waals surface area contributed by atoms with Crippen LogP contribution in [-0.2, 0) is 16.0 Å². The number of aryl methyl sites for hydroxylation is 1. The zero-order chi connectivity index (χ0) is 19.1. The van der Waals surface area contributed by atoms with Crippen LogP contribution in [0.3, 0.4) is 0 Å². The summed E-state index contributed by atoms with van der Waals surface area (Å²) in [6, 6.07) is 0. The van der Waals surface area contributed by atoms with E-state index in [9.17, 15) is 4.79 Å². The third kappa shape index (κ3) is 6.62. The quantitative estimate of drug-likeness (QED) is 0.205. The summed E-state index contributed by atoms with van der Waals surface area (Å²) in [5.74, 6) is 2.53. The summed E-state index contributed by atoms with van der Waals surface area (Å²) < 4.78 is 10.2. The van der Waals surface area contributed by atoms with Crippen LogP contribution in [-0.4, -0.2) is 60.3 Å². The molecule has 1 aliphatic heterocycles. The third-order valence-electron chi connectivity index (χ3n) is 4.56. The summed E-state index contributed by atoms with van der Waals surface area (Å²) in [6.07, 6.45) is 1.54. The standard InChI is InChI=1S/C18H31N5O3.HI/c1-6-19-18(23-10-13(4)14(11-23)17(24)25-5)20-9-7-8-15-21-16(12(2)3)22-26-15;/h12-14H,6-11H2,1-5H3,(H,19,20);1H. The lowest BCUT2D eigenvalue weighted by molar-refractivity contribution is -0.145. The van der Waals surface area contributed by atoms with E-state index in [1.807, 2.05) is 20.8 Å². The first-order valence-electron chi connectivity index (χ1n) is 9.39. The van der Waals surface area contributed by atoms with E-state index in [1.165, 1.54) is 7.11 Å². The number of ether oxygens (including phenoxy) is 1. The van der Waals surface area contributed by atoms with E-state index in [1.54, 1.807) is 0 Å². The van der Waals surface area contributed by atoms with Crippen molar-refractivity contribution in [1.29, 1.82) is 0 Å². The number of esters is 1. The maximum absolute atomic E-state index is 11.9. The lowest BCUT2D eigenvalue weighted by atomic mass is 9.99. The second-order valence-electron chi connectivity index (χ2n) is 7.05. The van der Waals surface area contributed by atoms with E-state index in [0.717, 1.165) is 31.3 Å². The Hall–Kier alpha value is -1.39. The monoisotopic (exact) mass is 493 g/mol. The molecule has 9 heteroatoms. The number of hydrogen-bond acceptors (Lipinski definition) is 6. The van der Waals surface area contributed by atoms with Gasteiger partial charge in [0.1, 0.15) is 0 Å². The Balaban J connectivity index is 0.00000364. The van der Waals surface area contributed by atoms with E-state index >= 15 is 0 Å². The predicted octanol–water partition coefficient (Wildman–Crippen LogP) is 2.45. The number of methoxy groups -OCH3 is 1. The highest BCUT2D eigenvalue weighted by atomic mass is 127. The second kappa shape index (κ2) is 11.5. The van der Waals surface area contributed by atoms with E-state index in [0.29, 0.717) is 25.4 Å². The number of guanidine groups is 1. The lowest BCUT2D eigenvalue weighted by Gasteiger charge is -2.21. The molecule has 1 saturated heterocycles. The van der Waals surface area contributed by atoms with Crippen LogP contribution in [0.1, 0.15) is 51.7 Å². The van der Waals surface area contributed by atoms with Gasteiger partial charge in [-0.2, -0.15) is 4.98 Å². The summed E-state index contributed by atoms with van der Waals surface area (Å²) >= 11 is 0. The topological polar surface area (TPSA) is 92.9 Å². The summed E-state index contributed by atoms with van der Waals surface area (Å²) in [5, 5.41) is 7.29. The first-order chi connectivity index (χ1) is 12.5. The maximum Gasteiger partial charge on any atom is 0.310 e. The van der Waals surface area contributed by atoms with Crippen molar-refractivity contribution >= 4 is 35.9 Å². The van der Waals surface area contributed by atoms with Gasteiger partial charge >= 0.3 is 5.97 Å². The number of carbonyl (C=O) groups is 1. The molecular weight excluding hydrogens is 461 g/mol. The third-order valence-corrected chi connectivity index (χ3v) is 4.56. The number of hydrogen-bond donors (Lipinski definition) is 1. The van der Waals surface area contributed by atoms with Crippen LogP contribution in [0.2, 0.25) is 0 Å². The Morgan fingerprint density at radius 3 is 2.78 bits per heavy atom. The van der Waals surface area contributed by atoms with Gasteiger partial charge in [-0.3, -0.25) is 9.79 Å². The second-order valence-corrected chi connectivity index (χ2v) is 7.05. The number of rotatable bonds is 7. The van der Waals surface area contributed by atoms with Gasteiger partial charge in [0.25, 0.3) is 0 Å². The van der Waals surface area contributed by atoms with Gasteiger partial charge < -0.3 is 19.5 Å². The number of nitrogens with zero attached hydrogens (tertiary/aromatic N) is 4.